The maximum absolute atomic E-state index is 15.9. The maximum Gasteiger partial charge on any atom is 0.416 e. The third-order valence-corrected chi connectivity index (χ3v) is 9.51. The second kappa shape index (κ2) is 10.8. The molecule has 2 saturated heterocycles. The first kappa shape index (κ1) is 28.9. The highest BCUT2D eigenvalue weighted by Crippen LogP contribution is 2.46. The van der Waals surface area contributed by atoms with E-state index < -0.39 is 40.2 Å². The van der Waals surface area contributed by atoms with Gasteiger partial charge in [0.2, 0.25) is 0 Å². The van der Waals surface area contributed by atoms with Gasteiger partial charge in [0.25, 0.3) is 5.91 Å². The van der Waals surface area contributed by atoms with Crippen LogP contribution in [-0.4, -0.2) is 79.7 Å². The molecule has 2 atom stereocenters. The highest BCUT2D eigenvalue weighted by molar-refractivity contribution is 7.81. The highest BCUT2D eigenvalue weighted by atomic mass is 32.2. The second-order valence-corrected chi connectivity index (χ2v) is 12.4. The van der Waals surface area contributed by atoms with Crippen molar-refractivity contribution in [3.63, 3.8) is 0 Å². The Labute approximate surface area is 242 Å². The first-order valence-corrected chi connectivity index (χ1v) is 15.0. The number of benzene rings is 2. The van der Waals surface area contributed by atoms with Crippen molar-refractivity contribution < 1.29 is 31.3 Å². The van der Waals surface area contributed by atoms with Crippen LogP contribution in [0.3, 0.4) is 0 Å². The largest absolute Gasteiger partial charge is 0.416 e. The van der Waals surface area contributed by atoms with Gasteiger partial charge < -0.3 is 14.2 Å². The molecular formula is C28H30F4N6O3S. The Morgan fingerprint density at radius 1 is 1.12 bits per heavy atom. The van der Waals surface area contributed by atoms with Crippen molar-refractivity contribution >= 4 is 22.6 Å². The molecule has 4 heterocycles. The third-order valence-electron chi connectivity index (χ3n) is 8.42. The summed E-state index contributed by atoms with van der Waals surface area (Å²) in [6.45, 7) is 2.37. The zero-order chi connectivity index (χ0) is 29.8. The Hall–Kier alpha value is -3.20. The molecule has 1 amide bonds. The summed E-state index contributed by atoms with van der Waals surface area (Å²) in [4.78, 5) is 16.9. The van der Waals surface area contributed by atoms with Crippen LogP contribution in [0.5, 0.6) is 0 Å². The number of nitrogens with zero attached hydrogens (tertiary/aromatic N) is 6. The Balaban J connectivity index is 1.29. The van der Waals surface area contributed by atoms with Gasteiger partial charge >= 0.3 is 6.18 Å². The van der Waals surface area contributed by atoms with Crippen LogP contribution in [0.2, 0.25) is 0 Å². The fraction of sp³-hybridized carbons (Fsp3) is 0.464. The van der Waals surface area contributed by atoms with Gasteiger partial charge in [-0.25, -0.2) is 12.9 Å². The van der Waals surface area contributed by atoms with E-state index in [0.717, 1.165) is 6.07 Å². The van der Waals surface area contributed by atoms with Gasteiger partial charge in [-0.3, -0.25) is 9.69 Å². The van der Waals surface area contributed by atoms with Gasteiger partial charge in [-0.2, -0.15) is 13.2 Å². The van der Waals surface area contributed by atoms with Crippen LogP contribution >= 0.6 is 0 Å². The molecule has 1 unspecified atom stereocenters. The molecule has 224 valence electrons. The molecule has 3 aliphatic rings. The second-order valence-electron chi connectivity index (χ2n) is 11.0. The predicted octanol–water partition coefficient (Wildman–Crippen LogP) is 3.38. The standard InChI is InChI=1S/C28H30F4N6O3S/c1-35-17-33-34-25(35)24(29)27(15-41-16-27)19-4-3-5-20(12-19)38-14-22-21(26(38)39)10-18(11-23(22)28(30,31)32)13-36-6-8-37(9-7-36)42(2)40/h3-5,10-12,17,24H,6-9,13-16H2,1-2H3/t24-,42?/m0/s1. The van der Waals surface area contributed by atoms with E-state index in [-0.39, 0.29) is 43.3 Å². The molecule has 6 rings (SSSR count). The molecule has 0 aliphatic carbocycles. The number of amides is 1. The van der Waals surface area contributed by atoms with E-state index in [2.05, 4.69) is 10.2 Å². The summed E-state index contributed by atoms with van der Waals surface area (Å²) in [5.74, 6) is -0.398. The van der Waals surface area contributed by atoms with Crippen LogP contribution in [0.1, 0.15) is 44.6 Å². The molecule has 3 aromatic rings. The lowest BCUT2D eigenvalue weighted by Crippen LogP contribution is -2.50. The summed E-state index contributed by atoms with van der Waals surface area (Å²) in [5.41, 5.74) is -0.612. The van der Waals surface area contributed by atoms with Crippen molar-refractivity contribution in [3.05, 3.63) is 76.4 Å². The van der Waals surface area contributed by atoms with Crippen molar-refractivity contribution in [2.24, 2.45) is 7.05 Å². The molecule has 14 heteroatoms. The number of halogens is 4. The normalized spacial score (nSPS) is 20.8. The lowest BCUT2D eigenvalue weighted by molar-refractivity contribution is -0.138. The number of fused-ring (bicyclic) bond motifs is 1. The predicted molar refractivity (Wildman–Crippen MR) is 147 cm³/mol. The fourth-order valence-electron chi connectivity index (χ4n) is 5.96. The van der Waals surface area contributed by atoms with Crippen LogP contribution in [0.15, 0.2) is 42.7 Å². The first-order chi connectivity index (χ1) is 20.0. The maximum atomic E-state index is 15.9. The Bertz CT molecular complexity index is 1530. The van der Waals surface area contributed by atoms with Crippen LogP contribution < -0.4 is 4.90 Å². The lowest BCUT2D eigenvalue weighted by Gasteiger charge is -2.43. The first-order valence-electron chi connectivity index (χ1n) is 13.5. The minimum absolute atomic E-state index is 0.0164. The van der Waals surface area contributed by atoms with E-state index in [1.807, 2.05) is 9.21 Å². The number of anilines is 1. The van der Waals surface area contributed by atoms with Gasteiger partial charge in [0, 0.05) is 57.3 Å². The number of rotatable bonds is 7. The number of alkyl halides is 4. The van der Waals surface area contributed by atoms with E-state index in [9.17, 15) is 22.2 Å². The zero-order valence-corrected chi connectivity index (χ0v) is 23.9. The van der Waals surface area contributed by atoms with Crippen molar-refractivity contribution in [1.29, 1.82) is 0 Å². The zero-order valence-electron chi connectivity index (χ0n) is 23.1. The van der Waals surface area contributed by atoms with Gasteiger partial charge in [0.1, 0.15) is 6.33 Å². The molecule has 0 saturated carbocycles. The number of carbonyl (C=O) groups excluding carboxylic acids is 1. The Kier molecular flexibility index (Phi) is 7.44. The molecule has 0 spiro atoms. The molecule has 0 N–H and O–H groups in total. The van der Waals surface area contributed by atoms with E-state index >= 15 is 4.39 Å². The molecule has 9 nitrogen and oxygen atoms in total. The van der Waals surface area contributed by atoms with Crippen molar-refractivity contribution in [2.45, 2.75) is 30.9 Å². The smallest absolute Gasteiger partial charge is 0.379 e. The van der Waals surface area contributed by atoms with Crippen molar-refractivity contribution in [1.82, 2.24) is 24.0 Å². The third kappa shape index (κ3) is 5.03. The molecule has 3 aliphatic heterocycles. The minimum Gasteiger partial charge on any atom is -0.379 e. The SMILES string of the molecule is Cn1cnnc1[C@H](F)C1(c2cccc(N3Cc4c(cc(CN5CCN(S(C)=O)CC5)cc4C(F)(F)F)C3=O)c2)COC1. The van der Waals surface area contributed by atoms with Crippen molar-refractivity contribution in [3.8, 4) is 0 Å². The average molecular weight is 607 g/mol. The average Bonchev–Trinajstić information content (AvgIpc) is 3.50. The van der Waals surface area contributed by atoms with E-state index in [1.54, 1.807) is 43.6 Å². The van der Waals surface area contributed by atoms with Crippen molar-refractivity contribution in [2.75, 3.05) is 50.5 Å². The molecule has 42 heavy (non-hydrogen) atoms. The number of ether oxygens (including phenoxy) is 1. The van der Waals surface area contributed by atoms with Gasteiger partial charge in [-0.15, -0.1) is 10.2 Å². The summed E-state index contributed by atoms with van der Waals surface area (Å²) >= 11 is 0. The number of hydrogen-bond donors (Lipinski definition) is 0. The number of piperazine rings is 1. The molecule has 0 bridgehead atoms. The van der Waals surface area contributed by atoms with Gasteiger partial charge in [0.05, 0.1) is 41.7 Å². The quantitative estimate of drug-likeness (QED) is 0.384. The van der Waals surface area contributed by atoms with Gasteiger partial charge in [-0.05, 0) is 41.0 Å². The Morgan fingerprint density at radius 3 is 2.45 bits per heavy atom. The van der Waals surface area contributed by atoms with Crippen LogP contribution in [0.4, 0.5) is 23.2 Å². The molecule has 2 fully saturated rings. The summed E-state index contributed by atoms with van der Waals surface area (Å²) in [6.07, 6.45) is -3.18. The van der Waals surface area contributed by atoms with Gasteiger partial charge in [0.15, 0.2) is 12.0 Å². The number of carbonyl (C=O) groups is 1. The summed E-state index contributed by atoms with van der Waals surface area (Å²) in [5, 5.41) is 7.69. The minimum atomic E-state index is -4.65. The summed E-state index contributed by atoms with van der Waals surface area (Å²) < 4.78 is 79.2. The monoisotopic (exact) mass is 606 g/mol. The van der Waals surface area contributed by atoms with Gasteiger partial charge in [-0.1, -0.05) is 12.1 Å². The number of hydrogen-bond acceptors (Lipinski definition) is 6. The lowest BCUT2D eigenvalue weighted by atomic mass is 9.74. The number of aryl methyl sites for hydroxylation is 1. The topological polar surface area (TPSA) is 83.8 Å². The van der Waals surface area contributed by atoms with Crippen LogP contribution in [0.25, 0.3) is 0 Å². The Morgan fingerprint density at radius 2 is 1.86 bits per heavy atom. The van der Waals surface area contributed by atoms with E-state index in [0.29, 0.717) is 43.0 Å². The van der Waals surface area contributed by atoms with Crippen LogP contribution in [0, 0.1) is 0 Å². The molecule has 2 aromatic carbocycles. The molecular weight excluding hydrogens is 576 g/mol. The highest BCUT2D eigenvalue weighted by Gasteiger charge is 2.51. The number of aromatic nitrogens is 3. The fourth-order valence-corrected chi connectivity index (χ4v) is 6.63. The summed E-state index contributed by atoms with van der Waals surface area (Å²) in [7, 11) is 0.545. The van der Waals surface area contributed by atoms with E-state index in [1.165, 1.54) is 15.8 Å². The molecule has 1 aromatic heterocycles. The molecule has 0 radical (unpaired) electrons. The van der Waals surface area contributed by atoms with Crippen LogP contribution in [-0.2, 0) is 47.5 Å². The summed E-state index contributed by atoms with van der Waals surface area (Å²) in [6, 6.07) is 9.38. The van der Waals surface area contributed by atoms with E-state index in [4.69, 9.17) is 4.74 Å².